The van der Waals surface area contributed by atoms with Crippen molar-refractivity contribution in [3.05, 3.63) is 47.1 Å². The highest BCUT2D eigenvalue weighted by Crippen LogP contribution is 2.39. The zero-order chi connectivity index (χ0) is 17.4. The Balaban J connectivity index is 1.88. The van der Waals surface area contributed by atoms with E-state index >= 15 is 0 Å². The SMILES string of the molecule is C=CC(=O)N1CC[C@@H](Nc2ccc(C(N)=O)c3c2C(C)=C(C)C3)C1. The van der Waals surface area contributed by atoms with Crippen LogP contribution in [0.4, 0.5) is 5.69 Å². The number of benzene rings is 1. The summed E-state index contributed by atoms with van der Waals surface area (Å²) in [5.41, 5.74) is 11.7. The minimum atomic E-state index is -0.385. The first-order valence-electron chi connectivity index (χ1n) is 8.22. The van der Waals surface area contributed by atoms with Crippen molar-refractivity contribution in [3.63, 3.8) is 0 Å². The van der Waals surface area contributed by atoms with Crippen LogP contribution in [0.2, 0.25) is 0 Å². The second-order valence-electron chi connectivity index (χ2n) is 6.58. The second-order valence-corrected chi connectivity index (χ2v) is 6.58. The molecule has 2 amide bonds. The third kappa shape index (κ3) is 2.70. The third-order valence-electron chi connectivity index (χ3n) is 5.07. The van der Waals surface area contributed by atoms with Crippen molar-refractivity contribution < 1.29 is 9.59 Å². The van der Waals surface area contributed by atoms with E-state index in [0.717, 1.165) is 36.2 Å². The number of nitrogens with zero attached hydrogens (tertiary/aromatic N) is 1. The fourth-order valence-electron chi connectivity index (χ4n) is 3.65. The van der Waals surface area contributed by atoms with Crippen LogP contribution in [0.1, 0.15) is 41.8 Å². The molecule has 24 heavy (non-hydrogen) atoms. The highest BCUT2D eigenvalue weighted by atomic mass is 16.2. The molecular formula is C19H23N3O2. The van der Waals surface area contributed by atoms with Gasteiger partial charge in [-0.15, -0.1) is 0 Å². The summed E-state index contributed by atoms with van der Waals surface area (Å²) < 4.78 is 0. The van der Waals surface area contributed by atoms with Crippen LogP contribution in [0.3, 0.4) is 0 Å². The van der Waals surface area contributed by atoms with Crippen LogP contribution < -0.4 is 11.1 Å². The Kier molecular flexibility index (Phi) is 4.18. The number of nitrogens with two attached hydrogens (primary N) is 1. The number of rotatable bonds is 4. The van der Waals surface area contributed by atoms with Crippen molar-refractivity contribution >= 4 is 23.1 Å². The Morgan fingerprint density at radius 2 is 2.12 bits per heavy atom. The number of primary amides is 1. The summed E-state index contributed by atoms with van der Waals surface area (Å²) in [6, 6.07) is 3.93. The Morgan fingerprint density at radius 1 is 1.38 bits per heavy atom. The summed E-state index contributed by atoms with van der Waals surface area (Å²) >= 11 is 0. The quantitative estimate of drug-likeness (QED) is 0.834. The number of hydrogen-bond donors (Lipinski definition) is 2. The number of nitrogens with one attached hydrogen (secondary N) is 1. The van der Waals surface area contributed by atoms with Crippen molar-refractivity contribution in [2.24, 2.45) is 5.73 Å². The van der Waals surface area contributed by atoms with Crippen LogP contribution in [0, 0.1) is 0 Å². The zero-order valence-electron chi connectivity index (χ0n) is 14.2. The average molecular weight is 325 g/mol. The van der Waals surface area contributed by atoms with Gasteiger partial charge in [0.1, 0.15) is 0 Å². The molecule has 0 spiro atoms. The lowest BCUT2D eigenvalue weighted by atomic mass is 9.97. The third-order valence-corrected chi connectivity index (χ3v) is 5.07. The minimum Gasteiger partial charge on any atom is -0.380 e. The van der Waals surface area contributed by atoms with E-state index in [2.05, 4.69) is 25.7 Å². The number of fused-ring (bicyclic) bond motifs is 1. The molecule has 126 valence electrons. The first kappa shape index (κ1) is 16.3. The number of amides is 2. The topological polar surface area (TPSA) is 75.4 Å². The van der Waals surface area contributed by atoms with Gasteiger partial charge in [0.15, 0.2) is 0 Å². The molecule has 1 aromatic carbocycles. The lowest BCUT2D eigenvalue weighted by molar-refractivity contribution is -0.125. The predicted molar refractivity (Wildman–Crippen MR) is 95.7 cm³/mol. The number of anilines is 1. The van der Waals surface area contributed by atoms with Crippen LogP contribution in [0.5, 0.6) is 0 Å². The van der Waals surface area contributed by atoms with Gasteiger partial charge in [0.05, 0.1) is 0 Å². The van der Waals surface area contributed by atoms with E-state index in [1.54, 1.807) is 11.0 Å². The van der Waals surface area contributed by atoms with Crippen LogP contribution >= 0.6 is 0 Å². The molecular weight excluding hydrogens is 302 g/mol. The highest BCUT2D eigenvalue weighted by molar-refractivity contribution is 5.99. The summed E-state index contributed by atoms with van der Waals surface area (Å²) in [4.78, 5) is 25.2. The number of likely N-dealkylation sites (tertiary alicyclic amines) is 1. The first-order valence-corrected chi connectivity index (χ1v) is 8.22. The van der Waals surface area contributed by atoms with Gasteiger partial charge in [-0.2, -0.15) is 0 Å². The Hall–Kier alpha value is -2.56. The van der Waals surface area contributed by atoms with E-state index in [1.165, 1.54) is 17.2 Å². The highest BCUT2D eigenvalue weighted by Gasteiger charge is 2.28. The van der Waals surface area contributed by atoms with E-state index in [4.69, 9.17) is 5.73 Å². The molecule has 5 heteroatoms. The molecule has 1 saturated heterocycles. The van der Waals surface area contributed by atoms with E-state index in [-0.39, 0.29) is 17.9 Å². The maximum atomic E-state index is 11.7. The number of hydrogen-bond acceptors (Lipinski definition) is 3. The molecule has 1 aliphatic heterocycles. The van der Waals surface area contributed by atoms with E-state index in [1.807, 2.05) is 6.07 Å². The summed E-state index contributed by atoms with van der Waals surface area (Å²) in [7, 11) is 0. The molecule has 1 atom stereocenters. The molecule has 3 rings (SSSR count). The number of allylic oxidation sites excluding steroid dienone is 2. The van der Waals surface area contributed by atoms with Gasteiger partial charge < -0.3 is 16.0 Å². The van der Waals surface area contributed by atoms with Gasteiger partial charge in [0.2, 0.25) is 11.8 Å². The fourth-order valence-corrected chi connectivity index (χ4v) is 3.65. The minimum absolute atomic E-state index is 0.0273. The molecule has 0 bridgehead atoms. The molecule has 2 aliphatic rings. The Labute approximate surface area is 142 Å². The molecule has 1 aromatic rings. The van der Waals surface area contributed by atoms with Crippen LogP contribution in [-0.4, -0.2) is 35.8 Å². The van der Waals surface area contributed by atoms with Crippen LogP contribution in [0.25, 0.3) is 5.57 Å². The largest absolute Gasteiger partial charge is 0.380 e. The molecule has 0 radical (unpaired) electrons. The monoisotopic (exact) mass is 325 g/mol. The average Bonchev–Trinajstić information content (AvgIpc) is 3.12. The molecule has 3 N–H and O–H groups in total. The molecule has 0 saturated carbocycles. The standard InChI is InChI=1S/C19H23N3O2/c1-4-17(23)22-8-7-13(10-22)21-16-6-5-14(19(20)24)15-9-11(2)12(3)18(15)16/h4-6,13,21H,1,7-10H2,2-3H3,(H2,20,24)/t13-/m1/s1. The lowest BCUT2D eigenvalue weighted by Gasteiger charge is -2.20. The molecule has 1 heterocycles. The Morgan fingerprint density at radius 3 is 2.79 bits per heavy atom. The van der Waals surface area contributed by atoms with Crippen molar-refractivity contribution in [1.82, 2.24) is 4.90 Å². The fraction of sp³-hybridized carbons (Fsp3) is 0.368. The lowest BCUT2D eigenvalue weighted by Crippen LogP contribution is -2.30. The summed E-state index contributed by atoms with van der Waals surface area (Å²) in [5, 5.41) is 3.55. The van der Waals surface area contributed by atoms with Crippen molar-refractivity contribution in [2.45, 2.75) is 32.7 Å². The molecule has 1 fully saturated rings. The zero-order valence-corrected chi connectivity index (χ0v) is 14.2. The molecule has 0 unspecified atom stereocenters. The van der Waals surface area contributed by atoms with Crippen molar-refractivity contribution in [2.75, 3.05) is 18.4 Å². The van der Waals surface area contributed by atoms with Gasteiger partial charge in [0, 0.05) is 35.9 Å². The predicted octanol–water partition coefficient (Wildman–Crippen LogP) is 2.33. The van der Waals surface area contributed by atoms with Crippen LogP contribution in [0.15, 0.2) is 30.4 Å². The molecule has 0 aromatic heterocycles. The normalized spacial score (nSPS) is 19.4. The Bertz CT molecular complexity index is 764. The van der Waals surface area contributed by atoms with Gasteiger partial charge in [-0.25, -0.2) is 0 Å². The van der Waals surface area contributed by atoms with Gasteiger partial charge in [-0.05, 0) is 56.0 Å². The van der Waals surface area contributed by atoms with Gasteiger partial charge >= 0.3 is 0 Å². The van der Waals surface area contributed by atoms with E-state index in [9.17, 15) is 9.59 Å². The summed E-state index contributed by atoms with van der Waals surface area (Å²) in [5.74, 6) is -0.413. The maximum Gasteiger partial charge on any atom is 0.249 e. The number of carbonyl (C=O) groups is 2. The van der Waals surface area contributed by atoms with Crippen LogP contribution in [-0.2, 0) is 11.2 Å². The number of carbonyl (C=O) groups excluding carboxylic acids is 2. The maximum absolute atomic E-state index is 11.7. The first-order chi connectivity index (χ1) is 11.4. The molecule has 5 nitrogen and oxygen atoms in total. The smallest absolute Gasteiger partial charge is 0.249 e. The summed E-state index contributed by atoms with van der Waals surface area (Å²) in [6.45, 7) is 9.11. The summed E-state index contributed by atoms with van der Waals surface area (Å²) in [6.07, 6.45) is 3.02. The second kappa shape index (κ2) is 6.15. The molecule has 1 aliphatic carbocycles. The van der Waals surface area contributed by atoms with Crippen molar-refractivity contribution in [3.8, 4) is 0 Å². The van der Waals surface area contributed by atoms with E-state index < -0.39 is 0 Å². The van der Waals surface area contributed by atoms with Gasteiger partial charge in [-0.1, -0.05) is 12.2 Å². The van der Waals surface area contributed by atoms with E-state index in [0.29, 0.717) is 12.1 Å². The van der Waals surface area contributed by atoms with Gasteiger partial charge in [-0.3, -0.25) is 9.59 Å². The van der Waals surface area contributed by atoms with Gasteiger partial charge in [0.25, 0.3) is 0 Å². The van der Waals surface area contributed by atoms with Crippen molar-refractivity contribution in [1.29, 1.82) is 0 Å².